The van der Waals surface area contributed by atoms with Crippen molar-refractivity contribution in [1.82, 2.24) is 15.1 Å². The summed E-state index contributed by atoms with van der Waals surface area (Å²) >= 11 is 12.2. The number of nitrogens with zero attached hydrogens (tertiary/aromatic N) is 2. The van der Waals surface area contributed by atoms with Crippen LogP contribution in [-0.4, -0.2) is 71.6 Å². The Hall–Kier alpha value is -1.53. The normalized spacial score (nSPS) is 26.6. The van der Waals surface area contributed by atoms with Gasteiger partial charge in [-0.1, -0.05) is 23.2 Å². The Morgan fingerprint density at radius 1 is 1.10 bits per heavy atom. The maximum atomic E-state index is 13.3. The summed E-state index contributed by atoms with van der Waals surface area (Å²) in [5.74, 6) is -0.989. The van der Waals surface area contributed by atoms with Crippen LogP contribution >= 0.6 is 23.2 Å². The molecule has 30 heavy (non-hydrogen) atoms. The second-order valence-electron chi connectivity index (χ2n) is 8.21. The van der Waals surface area contributed by atoms with Crippen molar-refractivity contribution in [3.8, 4) is 0 Å². The van der Waals surface area contributed by atoms with E-state index >= 15 is 0 Å². The average Bonchev–Trinajstić information content (AvgIpc) is 3.43. The molecule has 1 saturated heterocycles. The molecular weight excluding hydrogens is 420 g/mol. The second kappa shape index (κ2) is 6.73. The number of likely N-dealkylation sites (N-methyl/N-ethyl adjacent to an activating group) is 1. The van der Waals surface area contributed by atoms with Crippen LogP contribution in [-0.2, 0) is 20.3 Å². The molecule has 2 heterocycles. The number of amides is 4. The minimum absolute atomic E-state index is 0.0174. The average molecular weight is 435 g/mol. The van der Waals surface area contributed by atoms with Crippen molar-refractivity contribution in [2.75, 3.05) is 7.05 Å². The number of imide groups is 1. The summed E-state index contributed by atoms with van der Waals surface area (Å²) in [6.45, 7) is 0. The Morgan fingerprint density at radius 3 is 2.00 bits per heavy atom. The maximum Gasteiger partial charge on any atom is 0.324 e. The van der Waals surface area contributed by atoms with Crippen molar-refractivity contribution < 1.29 is 14.4 Å². The van der Waals surface area contributed by atoms with Crippen LogP contribution in [0.1, 0.15) is 36.8 Å². The Balaban J connectivity index is 1.64. The third kappa shape index (κ3) is 2.86. The molecule has 1 saturated carbocycles. The van der Waals surface area contributed by atoms with Crippen molar-refractivity contribution >= 4 is 72.4 Å². The summed E-state index contributed by atoms with van der Waals surface area (Å²) in [4.78, 5) is 40.3. The van der Waals surface area contributed by atoms with Crippen molar-refractivity contribution in [2.24, 2.45) is 5.92 Å². The topological polar surface area (TPSA) is 69.7 Å². The van der Waals surface area contributed by atoms with E-state index in [2.05, 4.69) is 5.32 Å². The number of carbonyl (C=O) groups excluding carboxylic acids is 3. The van der Waals surface area contributed by atoms with E-state index in [9.17, 15) is 14.4 Å². The van der Waals surface area contributed by atoms with Crippen LogP contribution in [0.15, 0.2) is 12.1 Å². The fourth-order valence-electron chi connectivity index (χ4n) is 4.71. The lowest BCUT2D eigenvalue weighted by Crippen LogP contribution is -2.57. The highest BCUT2D eigenvalue weighted by molar-refractivity contribution is 6.48. The lowest BCUT2D eigenvalue weighted by atomic mass is 9.56. The minimum Gasteiger partial charge on any atom is -0.358 e. The number of rotatable bonds is 4. The zero-order chi connectivity index (χ0) is 22.2. The first kappa shape index (κ1) is 21.7. The molecule has 146 valence electrons. The van der Waals surface area contributed by atoms with E-state index in [0.717, 1.165) is 17.7 Å². The predicted octanol–water partition coefficient (Wildman–Crippen LogP) is 0.841. The van der Waals surface area contributed by atoms with Gasteiger partial charge in [-0.25, -0.2) is 4.79 Å². The van der Waals surface area contributed by atoms with E-state index in [0.29, 0.717) is 0 Å². The molecule has 0 unspecified atom stereocenters. The first-order chi connectivity index (χ1) is 13.8. The van der Waals surface area contributed by atoms with Crippen LogP contribution < -0.4 is 5.32 Å². The molecule has 4 rings (SSSR count). The molecule has 3 aliphatic rings. The Bertz CT molecular complexity index is 945. The molecule has 1 aromatic rings. The number of nitrogens with one attached hydrogen (secondary N) is 1. The minimum atomic E-state index is -1.84. The van der Waals surface area contributed by atoms with E-state index in [1.807, 2.05) is 0 Å². The van der Waals surface area contributed by atoms with Gasteiger partial charge in [0.2, 0.25) is 5.91 Å². The molecule has 1 N–H and O–H groups in total. The number of urea groups is 1. The zero-order valence-electron chi connectivity index (χ0n) is 16.2. The van der Waals surface area contributed by atoms with Crippen LogP contribution in [0.25, 0.3) is 0 Å². The maximum absolute atomic E-state index is 13.3. The number of halogens is 2. The first-order valence-corrected chi connectivity index (χ1v) is 10.2. The van der Waals surface area contributed by atoms with Crippen LogP contribution in [0.5, 0.6) is 0 Å². The quantitative estimate of drug-likeness (QED) is 0.563. The van der Waals surface area contributed by atoms with E-state index in [4.69, 9.17) is 54.6 Å². The van der Waals surface area contributed by atoms with Gasteiger partial charge >= 0.3 is 6.03 Å². The molecular formula is C18H15B4Cl2N3O3. The zero-order valence-corrected chi connectivity index (χ0v) is 17.8. The standard InChI is InChI=1S/C18H15B4Cl2N3O3/c1-26-15(30)25-14(29)16(26,8-2-3-8)5-4-13(28)27-17(19,20)9-6-11(23)12(24)7-10(9)18(27,21)22/h6-8H,2-5H2,1H3,(H,25,29,30)/t16-/m0/s1. The summed E-state index contributed by atoms with van der Waals surface area (Å²) in [6, 6.07) is 2.38. The van der Waals surface area contributed by atoms with Gasteiger partial charge in [-0.2, -0.15) is 0 Å². The van der Waals surface area contributed by atoms with E-state index in [1.54, 1.807) is 7.05 Å². The third-order valence-electron chi connectivity index (χ3n) is 6.40. The first-order valence-electron chi connectivity index (χ1n) is 9.43. The van der Waals surface area contributed by atoms with Gasteiger partial charge < -0.3 is 9.80 Å². The van der Waals surface area contributed by atoms with Gasteiger partial charge in [0, 0.05) is 13.5 Å². The summed E-state index contributed by atoms with van der Waals surface area (Å²) in [6.07, 6.45) is 1.52. The van der Waals surface area contributed by atoms with Crippen molar-refractivity contribution in [3.05, 3.63) is 33.3 Å². The third-order valence-corrected chi connectivity index (χ3v) is 7.12. The van der Waals surface area contributed by atoms with Crippen molar-refractivity contribution in [3.63, 3.8) is 0 Å². The number of hydrogen-bond acceptors (Lipinski definition) is 3. The van der Waals surface area contributed by atoms with Gasteiger partial charge in [0.15, 0.2) is 0 Å². The molecule has 1 aliphatic carbocycles. The summed E-state index contributed by atoms with van der Waals surface area (Å²) in [7, 11) is 26.6. The highest BCUT2D eigenvalue weighted by Gasteiger charge is 2.59. The van der Waals surface area contributed by atoms with Crippen LogP contribution in [0.3, 0.4) is 0 Å². The molecule has 6 nitrogen and oxygen atoms in total. The molecule has 8 radical (unpaired) electrons. The largest absolute Gasteiger partial charge is 0.358 e. The molecule has 0 bridgehead atoms. The van der Waals surface area contributed by atoms with Gasteiger partial charge in [0.25, 0.3) is 5.91 Å². The SMILES string of the molecule is [B]C1([B])c2cc(Cl)c(Cl)cc2C([B])([B])N1C(=O)CC[C@]1(C2CC2)C(=O)NC(=O)N1C. The molecule has 1 aromatic carbocycles. The second-order valence-corrected chi connectivity index (χ2v) is 9.02. The van der Waals surface area contributed by atoms with Gasteiger partial charge in [-0.3, -0.25) is 14.9 Å². The van der Waals surface area contributed by atoms with Gasteiger partial charge in [0.1, 0.15) is 5.54 Å². The molecule has 12 heteroatoms. The van der Waals surface area contributed by atoms with Crippen molar-refractivity contribution in [2.45, 2.75) is 41.9 Å². The lowest BCUT2D eigenvalue weighted by Gasteiger charge is -2.44. The monoisotopic (exact) mass is 435 g/mol. The number of benzene rings is 1. The van der Waals surface area contributed by atoms with E-state index < -0.39 is 34.1 Å². The lowest BCUT2D eigenvalue weighted by molar-refractivity contribution is -0.136. The smallest absolute Gasteiger partial charge is 0.324 e. The van der Waals surface area contributed by atoms with E-state index in [1.165, 1.54) is 17.0 Å². The summed E-state index contributed by atoms with van der Waals surface area (Å²) < 4.78 is 0. The number of fused-ring (bicyclic) bond motifs is 1. The Kier molecular flexibility index (Phi) is 4.87. The molecule has 0 spiro atoms. The summed E-state index contributed by atoms with van der Waals surface area (Å²) in [5, 5.41) is -0.965. The molecule has 1 atom stereocenters. The molecule has 2 aliphatic heterocycles. The highest BCUT2D eigenvalue weighted by Crippen LogP contribution is 2.49. The fourth-order valence-corrected chi connectivity index (χ4v) is 5.03. The molecule has 0 aromatic heterocycles. The van der Waals surface area contributed by atoms with Gasteiger partial charge in [-0.15, -0.1) is 0 Å². The molecule has 4 amide bonds. The van der Waals surface area contributed by atoms with Gasteiger partial charge in [0.05, 0.1) is 41.4 Å². The van der Waals surface area contributed by atoms with Gasteiger partial charge in [-0.05, 0) is 59.1 Å². The highest BCUT2D eigenvalue weighted by atomic mass is 35.5. The fraction of sp³-hybridized carbons (Fsp3) is 0.500. The van der Waals surface area contributed by atoms with Crippen LogP contribution in [0.2, 0.25) is 10.0 Å². The van der Waals surface area contributed by atoms with E-state index in [-0.39, 0.29) is 39.9 Å². The predicted molar refractivity (Wildman–Crippen MR) is 116 cm³/mol. The molecule has 2 fully saturated rings. The van der Waals surface area contributed by atoms with Crippen LogP contribution in [0, 0.1) is 5.92 Å². The number of hydrogen-bond donors (Lipinski definition) is 1. The number of carbonyl (C=O) groups is 3. The Morgan fingerprint density at radius 2 is 1.60 bits per heavy atom. The summed E-state index contributed by atoms with van der Waals surface area (Å²) in [5.41, 5.74) is -0.542. The van der Waals surface area contributed by atoms with Crippen molar-refractivity contribution in [1.29, 1.82) is 0 Å². The van der Waals surface area contributed by atoms with Crippen LogP contribution in [0.4, 0.5) is 4.79 Å². The Labute approximate surface area is 190 Å².